The van der Waals surface area contributed by atoms with Crippen LogP contribution in [0, 0.1) is 13.8 Å². The first kappa shape index (κ1) is 18.2. The highest BCUT2D eigenvalue weighted by molar-refractivity contribution is 7.99. The van der Waals surface area contributed by atoms with Crippen LogP contribution in [-0.4, -0.2) is 16.2 Å². The highest BCUT2D eigenvalue weighted by Crippen LogP contribution is 2.24. The molecule has 130 valence electrons. The van der Waals surface area contributed by atoms with E-state index in [1.165, 1.54) is 15.8 Å². The van der Waals surface area contributed by atoms with E-state index in [0.717, 1.165) is 20.2 Å². The maximum absolute atomic E-state index is 12.2. The van der Waals surface area contributed by atoms with Crippen molar-refractivity contribution in [3.63, 3.8) is 0 Å². The molecule has 25 heavy (non-hydrogen) atoms. The number of carbonyl (C=O) groups is 1. The first-order valence-corrected chi connectivity index (χ1v) is 10.2. The largest absolute Gasteiger partial charge is 0.319 e. The zero-order valence-corrected chi connectivity index (χ0v) is 16.8. The van der Waals surface area contributed by atoms with E-state index < -0.39 is 0 Å². The normalized spacial score (nSPS) is 12.1. The number of thioether (sulfide) groups is 1. The molecule has 0 aliphatic rings. The molecule has 1 heterocycles. The molecule has 0 saturated heterocycles. The van der Waals surface area contributed by atoms with E-state index in [0.29, 0.717) is 12.2 Å². The number of thiazole rings is 1. The minimum Gasteiger partial charge on any atom is -0.319 e. The lowest BCUT2D eigenvalue weighted by Crippen LogP contribution is -2.13. The van der Waals surface area contributed by atoms with Gasteiger partial charge in [-0.25, -0.2) is 0 Å². The molecule has 0 aliphatic carbocycles. The molecule has 0 saturated carbocycles. The molecule has 0 fully saturated rings. The Morgan fingerprint density at radius 3 is 2.52 bits per heavy atom. The second-order valence-electron chi connectivity index (χ2n) is 5.88. The predicted molar refractivity (Wildman–Crippen MR) is 108 cm³/mol. The minimum atomic E-state index is -0.0843. The number of carbonyl (C=O) groups excluding carboxylic acids is 1. The van der Waals surface area contributed by atoms with Crippen molar-refractivity contribution in [1.29, 1.82) is 0 Å². The maximum atomic E-state index is 12.2. The van der Waals surface area contributed by atoms with Crippen LogP contribution in [0.25, 0.3) is 10.2 Å². The van der Waals surface area contributed by atoms with Gasteiger partial charge in [0.15, 0.2) is 4.80 Å². The van der Waals surface area contributed by atoms with E-state index in [9.17, 15) is 4.79 Å². The van der Waals surface area contributed by atoms with E-state index in [1.807, 2.05) is 35.9 Å². The zero-order valence-electron chi connectivity index (χ0n) is 14.4. The SMILES string of the molecule is Cc1ccc(C)c2c1sc(=NC(=O)CCSc1ccc(Cl)cc1)n2C. The van der Waals surface area contributed by atoms with Crippen LogP contribution in [-0.2, 0) is 11.8 Å². The van der Waals surface area contributed by atoms with Crippen LogP contribution in [0.15, 0.2) is 46.3 Å². The fourth-order valence-corrected chi connectivity index (χ4v) is 4.77. The Kier molecular flexibility index (Phi) is 5.67. The molecule has 1 amide bonds. The van der Waals surface area contributed by atoms with Gasteiger partial charge in [-0.3, -0.25) is 4.79 Å². The summed E-state index contributed by atoms with van der Waals surface area (Å²) in [4.78, 5) is 18.4. The maximum Gasteiger partial charge on any atom is 0.249 e. The Bertz CT molecular complexity index is 987. The monoisotopic (exact) mass is 390 g/mol. The molecule has 3 rings (SSSR count). The van der Waals surface area contributed by atoms with Crippen LogP contribution in [0.2, 0.25) is 5.02 Å². The van der Waals surface area contributed by atoms with Crippen LogP contribution >= 0.6 is 34.7 Å². The Morgan fingerprint density at radius 2 is 1.84 bits per heavy atom. The number of aromatic nitrogens is 1. The summed E-state index contributed by atoms with van der Waals surface area (Å²) >= 11 is 9.10. The second-order valence-corrected chi connectivity index (χ2v) is 8.46. The van der Waals surface area contributed by atoms with E-state index in [1.54, 1.807) is 23.1 Å². The third kappa shape index (κ3) is 4.17. The van der Waals surface area contributed by atoms with Gasteiger partial charge in [0.05, 0.1) is 10.2 Å². The van der Waals surface area contributed by atoms with Gasteiger partial charge in [-0.15, -0.1) is 11.8 Å². The summed E-state index contributed by atoms with van der Waals surface area (Å²) in [6, 6.07) is 11.9. The predicted octanol–water partition coefficient (Wildman–Crippen LogP) is 5.12. The second kappa shape index (κ2) is 7.77. The summed E-state index contributed by atoms with van der Waals surface area (Å²) in [7, 11) is 1.97. The highest BCUT2D eigenvalue weighted by Gasteiger charge is 2.09. The summed E-state index contributed by atoms with van der Waals surface area (Å²) < 4.78 is 3.22. The Hall–Kier alpha value is -1.56. The number of benzene rings is 2. The molecule has 3 nitrogen and oxygen atoms in total. The fraction of sp³-hybridized carbons (Fsp3) is 0.263. The van der Waals surface area contributed by atoms with Gasteiger partial charge < -0.3 is 4.57 Å². The van der Waals surface area contributed by atoms with Crippen molar-refractivity contribution in [2.45, 2.75) is 25.2 Å². The van der Waals surface area contributed by atoms with Gasteiger partial charge in [0.25, 0.3) is 0 Å². The molecule has 3 aromatic rings. The third-order valence-electron chi connectivity index (χ3n) is 3.96. The summed E-state index contributed by atoms with van der Waals surface area (Å²) in [6.07, 6.45) is 0.416. The quantitative estimate of drug-likeness (QED) is 0.579. The summed E-state index contributed by atoms with van der Waals surface area (Å²) in [5.74, 6) is 0.621. The van der Waals surface area contributed by atoms with Gasteiger partial charge in [-0.05, 0) is 49.2 Å². The third-order valence-corrected chi connectivity index (χ3v) is 6.50. The lowest BCUT2D eigenvalue weighted by Gasteiger charge is -2.02. The summed E-state index contributed by atoms with van der Waals surface area (Å²) in [5, 5.41) is 0.721. The van der Waals surface area contributed by atoms with Crippen molar-refractivity contribution in [3.05, 3.63) is 57.3 Å². The smallest absolute Gasteiger partial charge is 0.249 e. The van der Waals surface area contributed by atoms with Gasteiger partial charge >= 0.3 is 0 Å². The molecule has 0 atom stereocenters. The van der Waals surface area contributed by atoms with E-state index in [4.69, 9.17) is 11.6 Å². The highest BCUT2D eigenvalue weighted by atomic mass is 35.5. The topological polar surface area (TPSA) is 34.4 Å². The zero-order chi connectivity index (χ0) is 18.0. The van der Waals surface area contributed by atoms with Gasteiger partial charge in [-0.2, -0.15) is 4.99 Å². The molecule has 0 radical (unpaired) electrons. The summed E-state index contributed by atoms with van der Waals surface area (Å²) in [6.45, 7) is 4.18. The molecule has 0 spiro atoms. The molecular formula is C19H19ClN2OS2. The van der Waals surface area contributed by atoms with E-state index >= 15 is 0 Å². The molecule has 0 N–H and O–H groups in total. The van der Waals surface area contributed by atoms with Crippen molar-refractivity contribution in [2.75, 3.05) is 5.75 Å². The van der Waals surface area contributed by atoms with Crippen molar-refractivity contribution < 1.29 is 4.79 Å². The van der Waals surface area contributed by atoms with Gasteiger partial charge in [0.2, 0.25) is 5.91 Å². The number of hydrogen-bond acceptors (Lipinski definition) is 3. The molecule has 0 aliphatic heterocycles. The Balaban J connectivity index is 1.74. The lowest BCUT2D eigenvalue weighted by molar-refractivity contribution is -0.117. The van der Waals surface area contributed by atoms with Crippen LogP contribution in [0.5, 0.6) is 0 Å². The Morgan fingerprint density at radius 1 is 1.16 bits per heavy atom. The van der Waals surface area contributed by atoms with Crippen LogP contribution in [0.4, 0.5) is 0 Å². The van der Waals surface area contributed by atoms with Crippen LogP contribution < -0.4 is 4.80 Å². The van der Waals surface area contributed by atoms with E-state index in [2.05, 4.69) is 31.0 Å². The van der Waals surface area contributed by atoms with Gasteiger partial charge in [0, 0.05) is 29.1 Å². The lowest BCUT2D eigenvalue weighted by atomic mass is 10.1. The standard InChI is InChI=1S/C19H19ClN2OS2/c1-12-4-5-13(2)18-17(12)22(3)19(25-18)21-16(23)10-11-24-15-8-6-14(20)7-9-15/h4-9H,10-11H2,1-3H3. The minimum absolute atomic E-state index is 0.0843. The van der Waals surface area contributed by atoms with Crippen molar-refractivity contribution in [3.8, 4) is 0 Å². The first-order chi connectivity index (χ1) is 12.0. The number of rotatable bonds is 4. The number of hydrogen-bond donors (Lipinski definition) is 0. The molecule has 2 aromatic carbocycles. The number of aryl methyl sites for hydroxylation is 3. The number of nitrogens with zero attached hydrogens (tertiary/aromatic N) is 2. The number of fused-ring (bicyclic) bond motifs is 1. The fourth-order valence-electron chi connectivity index (χ4n) is 2.62. The number of halogens is 1. The Labute approximate surface area is 160 Å². The first-order valence-electron chi connectivity index (χ1n) is 7.97. The summed E-state index contributed by atoms with van der Waals surface area (Å²) in [5.41, 5.74) is 3.58. The van der Waals surface area contributed by atoms with Gasteiger partial charge in [0.1, 0.15) is 0 Å². The van der Waals surface area contributed by atoms with Crippen molar-refractivity contribution in [1.82, 2.24) is 4.57 Å². The van der Waals surface area contributed by atoms with Gasteiger partial charge in [-0.1, -0.05) is 35.1 Å². The van der Waals surface area contributed by atoms with E-state index in [-0.39, 0.29) is 5.91 Å². The molecule has 6 heteroatoms. The van der Waals surface area contributed by atoms with Crippen molar-refractivity contribution >= 4 is 50.8 Å². The molecular weight excluding hydrogens is 372 g/mol. The van der Waals surface area contributed by atoms with Crippen LogP contribution in [0.1, 0.15) is 17.5 Å². The van der Waals surface area contributed by atoms with Crippen LogP contribution in [0.3, 0.4) is 0 Å². The molecule has 0 bridgehead atoms. The average molecular weight is 391 g/mol. The van der Waals surface area contributed by atoms with Crippen molar-refractivity contribution in [2.24, 2.45) is 12.0 Å². The molecule has 1 aromatic heterocycles. The average Bonchev–Trinajstić information content (AvgIpc) is 2.91. The number of amides is 1. The molecule has 0 unspecified atom stereocenters.